The third kappa shape index (κ3) is 4.37. The Morgan fingerprint density at radius 2 is 1.89 bits per heavy atom. The van der Waals surface area contributed by atoms with Crippen LogP contribution in [-0.2, 0) is 6.54 Å². The molecule has 2 rings (SSSR count). The molecule has 2 aromatic rings. The van der Waals surface area contributed by atoms with Gasteiger partial charge in [-0.2, -0.15) is 0 Å². The molecule has 0 amide bonds. The largest absolute Gasteiger partial charge is 0.306 e. The second-order valence-electron chi connectivity index (χ2n) is 4.51. The molecule has 1 nitrogen and oxygen atoms in total. The predicted octanol–water partition coefficient (Wildman–Crippen LogP) is 5.02. The van der Waals surface area contributed by atoms with Crippen molar-refractivity contribution in [1.29, 1.82) is 0 Å². The topological polar surface area (TPSA) is 12.0 Å². The van der Waals surface area contributed by atoms with Gasteiger partial charge < -0.3 is 5.32 Å². The van der Waals surface area contributed by atoms with Gasteiger partial charge in [0.2, 0.25) is 0 Å². The van der Waals surface area contributed by atoms with Crippen molar-refractivity contribution in [2.75, 3.05) is 6.26 Å². The molecule has 0 radical (unpaired) electrons. The van der Waals surface area contributed by atoms with Gasteiger partial charge in [0.15, 0.2) is 0 Å². The maximum atomic E-state index is 3.55. The average molecular weight is 336 g/mol. The number of hydrogen-bond acceptors (Lipinski definition) is 2. The standard InChI is InChI=1S/C16H18BrNS/c1-12(14-4-3-5-15(17)10-14)18-11-13-6-8-16(19-2)9-7-13/h3-10,12,18H,11H2,1-2H3. The van der Waals surface area contributed by atoms with Crippen molar-refractivity contribution in [2.45, 2.75) is 24.4 Å². The Balaban J connectivity index is 1.94. The Labute approximate surface area is 127 Å². The molecule has 0 fully saturated rings. The maximum absolute atomic E-state index is 3.55. The van der Waals surface area contributed by atoms with Crippen molar-refractivity contribution in [3.8, 4) is 0 Å². The summed E-state index contributed by atoms with van der Waals surface area (Å²) in [6.45, 7) is 3.08. The summed E-state index contributed by atoms with van der Waals surface area (Å²) in [5.41, 5.74) is 2.62. The normalized spacial score (nSPS) is 12.4. The SMILES string of the molecule is CSc1ccc(CNC(C)c2cccc(Br)c2)cc1. The van der Waals surface area contributed by atoms with Crippen molar-refractivity contribution < 1.29 is 0 Å². The van der Waals surface area contributed by atoms with E-state index < -0.39 is 0 Å². The first-order valence-corrected chi connectivity index (χ1v) is 8.32. The van der Waals surface area contributed by atoms with E-state index in [9.17, 15) is 0 Å². The van der Waals surface area contributed by atoms with Crippen LogP contribution in [0.5, 0.6) is 0 Å². The van der Waals surface area contributed by atoms with E-state index in [1.54, 1.807) is 11.8 Å². The molecule has 3 heteroatoms. The lowest BCUT2D eigenvalue weighted by Gasteiger charge is -2.14. The van der Waals surface area contributed by atoms with Gasteiger partial charge >= 0.3 is 0 Å². The van der Waals surface area contributed by atoms with Gasteiger partial charge in [-0.1, -0.05) is 40.2 Å². The van der Waals surface area contributed by atoms with E-state index in [1.807, 2.05) is 0 Å². The number of nitrogens with one attached hydrogen (secondary N) is 1. The van der Waals surface area contributed by atoms with Gasteiger partial charge in [0.25, 0.3) is 0 Å². The van der Waals surface area contributed by atoms with Crippen LogP contribution in [0.4, 0.5) is 0 Å². The zero-order valence-electron chi connectivity index (χ0n) is 11.2. The van der Waals surface area contributed by atoms with Crippen LogP contribution in [0.15, 0.2) is 57.9 Å². The van der Waals surface area contributed by atoms with Crippen molar-refractivity contribution in [1.82, 2.24) is 5.32 Å². The van der Waals surface area contributed by atoms with Gasteiger partial charge in [-0.25, -0.2) is 0 Å². The lowest BCUT2D eigenvalue weighted by Crippen LogP contribution is -2.17. The minimum absolute atomic E-state index is 0.345. The van der Waals surface area contributed by atoms with Gasteiger partial charge in [-0.05, 0) is 48.6 Å². The van der Waals surface area contributed by atoms with Crippen molar-refractivity contribution in [3.05, 3.63) is 64.1 Å². The van der Waals surface area contributed by atoms with Crippen molar-refractivity contribution >= 4 is 27.7 Å². The molecule has 1 N–H and O–H groups in total. The number of thioether (sulfide) groups is 1. The van der Waals surface area contributed by atoms with E-state index in [4.69, 9.17) is 0 Å². The minimum atomic E-state index is 0.345. The number of halogens is 1. The van der Waals surface area contributed by atoms with Gasteiger partial charge in [0.1, 0.15) is 0 Å². The van der Waals surface area contributed by atoms with E-state index in [2.05, 4.69) is 83.0 Å². The molecular weight excluding hydrogens is 318 g/mol. The first-order valence-electron chi connectivity index (χ1n) is 6.31. The van der Waals surface area contributed by atoms with E-state index in [0.717, 1.165) is 11.0 Å². The van der Waals surface area contributed by atoms with Crippen LogP contribution >= 0.6 is 27.7 Å². The van der Waals surface area contributed by atoms with E-state index in [-0.39, 0.29) is 0 Å². The number of hydrogen-bond donors (Lipinski definition) is 1. The lowest BCUT2D eigenvalue weighted by molar-refractivity contribution is 0.574. The summed E-state index contributed by atoms with van der Waals surface area (Å²) < 4.78 is 1.13. The molecular formula is C16H18BrNS. The Hall–Kier alpha value is -0.770. The third-order valence-electron chi connectivity index (χ3n) is 3.12. The Bertz CT molecular complexity index is 525. The number of rotatable bonds is 5. The average Bonchev–Trinajstić information content (AvgIpc) is 2.45. The molecule has 100 valence electrons. The fourth-order valence-corrected chi connectivity index (χ4v) is 2.73. The van der Waals surface area contributed by atoms with Crippen LogP contribution in [0.25, 0.3) is 0 Å². The molecule has 0 aliphatic carbocycles. The van der Waals surface area contributed by atoms with Crippen LogP contribution in [0.1, 0.15) is 24.1 Å². The quantitative estimate of drug-likeness (QED) is 0.769. The smallest absolute Gasteiger partial charge is 0.0295 e. The first-order chi connectivity index (χ1) is 9.19. The molecule has 0 bridgehead atoms. The highest BCUT2D eigenvalue weighted by molar-refractivity contribution is 9.10. The molecule has 1 atom stereocenters. The Morgan fingerprint density at radius 3 is 2.53 bits per heavy atom. The zero-order chi connectivity index (χ0) is 13.7. The molecule has 0 spiro atoms. The summed E-state index contributed by atoms with van der Waals surface area (Å²) in [6.07, 6.45) is 2.10. The van der Waals surface area contributed by atoms with E-state index in [1.165, 1.54) is 16.0 Å². The fourth-order valence-electron chi connectivity index (χ4n) is 1.91. The van der Waals surface area contributed by atoms with E-state index >= 15 is 0 Å². The minimum Gasteiger partial charge on any atom is -0.306 e. The van der Waals surface area contributed by atoms with Gasteiger partial charge in [0.05, 0.1) is 0 Å². The molecule has 1 unspecified atom stereocenters. The van der Waals surface area contributed by atoms with Gasteiger partial charge in [-0.3, -0.25) is 0 Å². The van der Waals surface area contributed by atoms with Crippen LogP contribution in [-0.4, -0.2) is 6.26 Å². The summed E-state index contributed by atoms with van der Waals surface area (Å²) in [4.78, 5) is 1.31. The molecule has 2 aromatic carbocycles. The van der Waals surface area contributed by atoms with Crippen LogP contribution in [0, 0.1) is 0 Å². The molecule has 0 aliphatic heterocycles. The monoisotopic (exact) mass is 335 g/mol. The second-order valence-corrected chi connectivity index (χ2v) is 6.30. The van der Waals surface area contributed by atoms with Crippen LogP contribution in [0.2, 0.25) is 0 Å². The predicted molar refractivity (Wildman–Crippen MR) is 87.6 cm³/mol. The Morgan fingerprint density at radius 1 is 1.16 bits per heavy atom. The molecule has 0 saturated heterocycles. The summed E-state index contributed by atoms with van der Waals surface area (Å²) in [6, 6.07) is 17.5. The van der Waals surface area contributed by atoms with Gasteiger partial charge in [-0.15, -0.1) is 11.8 Å². The third-order valence-corrected chi connectivity index (χ3v) is 4.36. The summed E-state index contributed by atoms with van der Waals surface area (Å²) in [5, 5.41) is 3.55. The highest BCUT2D eigenvalue weighted by Crippen LogP contribution is 2.19. The zero-order valence-corrected chi connectivity index (χ0v) is 13.6. The van der Waals surface area contributed by atoms with Crippen molar-refractivity contribution in [3.63, 3.8) is 0 Å². The van der Waals surface area contributed by atoms with E-state index in [0.29, 0.717) is 6.04 Å². The second kappa shape index (κ2) is 7.13. The van der Waals surface area contributed by atoms with Crippen LogP contribution in [0.3, 0.4) is 0 Å². The van der Waals surface area contributed by atoms with Gasteiger partial charge in [0, 0.05) is 22.0 Å². The highest BCUT2D eigenvalue weighted by atomic mass is 79.9. The first kappa shape index (κ1) is 14.6. The summed E-state index contributed by atoms with van der Waals surface area (Å²) in [5.74, 6) is 0. The number of benzene rings is 2. The lowest BCUT2D eigenvalue weighted by atomic mass is 10.1. The molecule has 0 aromatic heterocycles. The van der Waals surface area contributed by atoms with Crippen LogP contribution < -0.4 is 5.32 Å². The summed E-state index contributed by atoms with van der Waals surface area (Å²) >= 11 is 5.29. The molecule has 0 saturated carbocycles. The molecule has 0 aliphatic rings. The molecule has 0 heterocycles. The van der Waals surface area contributed by atoms with Crippen molar-refractivity contribution in [2.24, 2.45) is 0 Å². The summed E-state index contributed by atoms with van der Waals surface area (Å²) in [7, 11) is 0. The molecule has 19 heavy (non-hydrogen) atoms. The highest BCUT2D eigenvalue weighted by Gasteiger charge is 2.05. The maximum Gasteiger partial charge on any atom is 0.0295 e. The Kier molecular flexibility index (Phi) is 5.49. The fraction of sp³-hybridized carbons (Fsp3) is 0.250.